The van der Waals surface area contributed by atoms with Gasteiger partial charge >= 0.3 is 0 Å². The lowest BCUT2D eigenvalue weighted by molar-refractivity contribution is -0.137. The van der Waals surface area contributed by atoms with Crippen LogP contribution in [0.25, 0.3) is 10.9 Å². The van der Waals surface area contributed by atoms with Crippen LogP contribution in [-0.4, -0.2) is 54.0 Å². The van der Waals surface area contributed by atoms with Crippen molar-refractivity contribution in [2.24, 2.45) is 0 Å². The highest BCUT2D eigenvalue weighted by molar-refractivity contribution is 5.98. The molecule has 3 aromatic rings. The van der Waals surface area contributed by atoms with Crippen molar-refractivity contribution < 1.29 is 18.7 Å². The minimum atomic E-state index is -0.732. The van der Waals surface area contributed by atoms with Gasteiger partial charge in [-0.3, -0.25) is 9.59 Å². The molecule has 0 spiro atoms. The summed E-state index contributed by atoms with van der Waals surface area (Å²) in [4.78, 5) is 30.8. The predicted octanol–water partition coefficient (Wildman–Crippen LogP) is 2.51. The van der Waals surface area contributed by atoms with Crippen molar-refractivity contribution in [2.75, 3.05) is 26.3 Å². The van der Waals surface area contributed by atoms with E-state index in [1.807, 2.05) is 30.5 Å². The molecule has 6 nitrogen and oxygen atoms in total. The predicted molar refractivity (Wildman–Crippen MR) is 107 cm³/mol. The van der Waals surface area contributed by atoms with Crippen LogP contribution in [0.5, 0.6) is 0 Å². The molecule has 7 heteroatoms. The third kappa shape index (κ3) is 4.30. The zero-order valence-corrected chi connectivity index (χ0v) is 15.9. The molecule has 2 amide bonds. The molecular weight excluding hydrogens is 373 g/mol. The van der Waals surface area contributed by atoms with Gasteiger partial charge in [0.25, 0.3) is 5.91 Å². The number of fused-ring (bicyclic) bond motifs is 1. The van der Waals surface area contributed by atoms with Gasteiger partial charge in [0.2, 0.25) is 5.91 Å². The molecule has 1 fully saturated rings. The number of rotatable bonds is 5. The van der Waals surface area contributed by atoms with Gasteiger partial charge in [0.1, 0.15) is 11.9 Å². The van der Waals surface area contributed by atoms with Crippen molar-refractivity contribution >= 4 is 22.7 Å². The average molecular weight is 395 g/mol. The highest BCUT2D eigenvalue weighted by Crippen LogP contribution is 2.20. The molecule has 0 radical (unpaired) electrons. The van der Waals surface area contributed by atoms with Crippen LogP contribution in [0, 0.1) is 5.82 Å². The molecule has 2 heterocycles. The van der Waals surface area contributed by atoms with Crippen LogP contribution in [0.3, 0.4) is 0 Å². The Hall–Kier alpha value is -3.19. The van der Waals surface area contributed by atoms with E-state index in [-0.39, 0.29) is 5.91 Å². The van der Waals surface area contributed by atoms with Crippen LogP contribution in [0.15, 0.2) is 54.7 Å². The summed E-state index contributed by atoms with van der Waals surface area (Å²) in [6, 6.07) is 12.4. The van der Waals surface area contributed by atoms with E-state index in [2.05, 4.69) is 10.3 Å². The molecule has 1 aromatic heterocycles. The summed E-state index contributed by atoms with van der Waals surface area (Å²) < 4.78 is 18.5. The number of halogens is 1. The lowest BCUT2D eigenvalue weighted by Crippen LogP contribution is -2.52. The van der Waals surface area contributed by atoms with Crippen LogP contribution in [0.2, 0.25) is 0 Å². The molecule has 1 saturated heterocycles. The second kappa shape index (κ2) is 8.45. The average Bonchev–Trinajstić information content (AvgIpc) is 3.17. The Balaban J connectivity index is 1.58. The Morgan fingerprint density at radius 1 is 1.10 bits per heavy atom. The second-order valence-electron chi connectivity index (χ2n) is 7.03. The van der Waals surface area contributed by atoms with Crippen LogP contribution in [0.4, 0.5) is 4.39 Å². The Morgan fingerprint density at radius 3 is 2.59 bits per heavy atom. The van der Waals surface area contributed by atoms with Gasteiger partial charge in [0.05, 0.1) is 13.2 Å². The summed E-state index contributed by atoms with van der Waals surface area (Å²) in [7, 11) is 0. The maximum Gasteiger partial charge on any atom is 0.251 e. The van der Waals surface area contributed by atoms with Gasteiger partial charge in [-0.2, -0.15) is 0 Å². The van der Waals surface area contributed by atoms with Crippen molar-refractivity contribution in [1.82, 2.24) is 15.2 Å². The Kier molecular flexibility index (Phi) is 5.57. The third-order valence-corrected chi connectivity index (χ3v) is 5.13. The van der Waals surface area contributed by atoms with Gasteiger partial charge in [-0.1, -0.05) is 18.2 Å². The number of nitrogens with zero attached hydrogens (tertiary/aromatic N) is 1. The molecule has 0 bridgehead atoms. The van der Waals surface area contributed by atoms with E-state index in [0.717, 1.165) is 16.5 Å². The summed E-state index contributed by atoms with van der Waals surface area (Å²) in [5.74, 6) is -0.966. The van der Waals surface area contributed by atoms with Gasteiger partial charge in [0.15, 0.2) is 0 Å². The van der Waals surface area contributed by atoms with Gasteiger partial charge in [-0.25, -0.2) is 4.39 Å². The normalized spacial score (nSPS) is 15.3. The Labute approximate surface area is 167 Å². The number of aromatic nitrogens is 1. The number of carbonyl (C=O) groups is 2. The first-order chi connectivity index (χ1) is 14.1. The lowest BCUT2D eigenvalue weighted by Gasteiger charge is -2.30. The number of hydrogen-bond acceptors (Lipinski definition) is 3. The minimum absolute atomic E-state index is 0.144. The van der Waals surface area contributed by atoms with Crippen molar-refractivity contribution in [3.05, 3.63) is 71.7 Å². The van der Waals surface area contributed by atoms with Crippen LogP contribution in [0.1, 0.15) is 15.9 Å². The summed E-state index contributed by atoms with van der Waals surface area (Å²) in [6.07, 6.45) is 2.22. The zero-order valence-electron chi connectivity index (χ0n) is 15.9. The Morgan fingerprint density at radius 2 is 1.83 bits per heavy atom. The maximum atomic E-state index is 13.2. The molecule has 4 rings (SSSR count). The van der Waals surface area contributed by atoms with Crippen LogP contribution in [-0.2, 0) is 16.0 Å². The molecule has 1 aliphatic heterocycles. The largest absolute Gasteiger partial charge is 0.378 e. The molecule has 2 N–H and O–H groups in total. The summed E-state index contributed by atoms with van der Waals surface area (Å²) >= 11 is 0. The van der Waals surface area contributed by atoms with Crippen LogP contribution < -0.4 is 5.32 Å². The first kappa shape index (κ1) is 19.1. The molecule has 1 atom stereocenters. The van der Waals surface area contributed by atoms with E-state index in [0.29, 0.717) is 38.3 Å². The molecule has 0 unspecified atom stereocenters. The number of aromatic amines is 1. The van der Waals surface area contributed by atoms with Crippen LogP contribution >= 0.6 is 0 Å². The highest BCUT2D eigenvalue weighted by Gasteiger charge is 2.28. The molecule has 150 valence electrons. The smallest absolute Gasteiger partial charge is 0.251 e. The first-order valence-corrected chi connectivity index (χ1v) is 9.60. The molecule has 0 saturated carbocycles. The van der Waals surface area contributed by atoms with E-state index in [9.17, 15) is 14.0 Å². The SMILES string of the molecule is O=C(N[C@@H](Cc1c[nH]c2ccccc12)C(=O)N1CCOCC1)c1ccc(F)cc1. The van der Waals surface area contributed by atoms with E-state index in [1.54, 1.807) is 4.90 Å². The molecule has 2 aromatic carbocycles. The van der Waals surface area contributed by atoms with Gasteiger partial charge in [0, 0.05) is 42.2 Å². The number of H-pyrrole nitrogens is 1. The fourth-order valence-corrected chi connectivity index (χ4v) is 3.57. The molecular formula is C22H22FN3O3. The number of benzene rings is 2. The maximum absolute atomic E-state index is 13.2. The number of hydrogen-bond donors (Lipinski definition) is 2. The Bertz CT molecular complexity index is 1010. The monoisotopic (exact) mass is 395 g/mol. The topological polar surface area (TPSA) is 74.4 Å². The molecule has 0 aliphatic carbocycles. The quantitative estimate of drug-likeness (QED) is 0.697. The van der Waals surface area contributed by atoms with E-state index < -0.39 is 17.8 Å². The van der Waals surface area contributed by atoms with Gasteiger partial charge in [-0.05, 0) is 35.9 Å². The number of ether oxygens (including phenoxy) is 1. The van der Waals surface area contributed by atoms with Crippen molar-refractivity contribution in [1.29, 1.82) is 0 Å². The summed E-state index contributed by atoms with van der Waals surface area (Å²) in [6.45, 7) is 1.96. The van der Waals surface area contributed by atoms with E-state index in [1.165, 1.54) is 24.3 Å². The number of carbonyl (C=O) groups excluding carboxylic acids is 2. The lowest BCUT2D eigenvalue weighted by atomic mass is 10.0. The third-order valence-electron chi connectivity index (χ3n) is 5.13. The van der Waals surface area contributed by atoms with Crippen molar-refractivity contribution in [3.63, 3.8) is 0 Å². The second-order valence-corrected chi connectivity index (χ2v) is 7.03. The highest BCUT2D eigenvalue weighted by atomic mass is 19.1. The first-order valence-electron chi connectivity index (χ1n) is 9.60. The summed E-state index contributed by atoms with van der Waals surface area (Å²) in [5.41, 5.74) is 2.24. The van der Waals surface area contributed by atoms with E-state index in [4.69, 9.17) is 4.74 Å². The molecule has 1 aliphatic rings. The number of morpholine rings is 1. The number of para-hydroxylation sites is 1. The fraction of sp³-hybridized carbons (Fsp3) is 0.273. The van der Waals surface area contributed by atoms with E-state index >= 15 is 0 Å². The number of amides is 2. The van der Waals surface area contributed by atoms with Crippen molar-refractivity contribution in [3.8, 4) is 0 Å². The minimum Gasteiger partial charge on any atom is -0.378 e. The zero-order chi connectivity index (χ0) is 20.2. The van der Waals surface area contributed by atoms with Gasteiger partial charge < -0.3 is 19.9 Å². The van der Waals surface area contributed by atoms with Crippen molar-refractivity contribution in [2.45, 2.75) is 12.5 Å². The summed E-state index contributed by atoms with van der Waals surface area (Å²) in [5, 5.41) is 3.86. The van der Waals surface area contributed by atoms with Gasteiger partial charge in [-0.15, -0.1) is 0 Å². The number of nitrogens with one attached hydrogen (secondary N) is 2. The fourth-order valence-electron chi connectivity index (χ4n) is 3.57. The molecule has 29 heavy (non-hydrogen) atoms. The standard InChI is InChI=1S/C22H22FN3O3/c23-17-7-5-15(6-8-17)21(27)25-20(22(28)26-9-11-29-12-10-26)13-16-14-24-19-4-2-1-3-18(16)19/h1-8,14,20,24H,9-13H2,(H,25,27)/t20-/m0/s1.